The van der Waals surface area contributed by atoms with E-state index in [-0.39, 0.29) is 34.8 Å². The maximum Gasteiger partial charge on any atom is 0.278 e. The number of fused-ring (bicyclic) bond motifs is 2. The SMILES string of the molecule is CO/N=C(\C(=O)NC1C(=O)N2C(C(=O)[O-])=C(CN3Cc4cccn[n+]4C3)CSC12)c1nsc(N)n1.Cl. The first-order valence-electron chi connectivity index (χ1n) is 10.3. The zero-order valence-electron chi connectivity index (χ0n) is 18.7. The lowest BCUT2D eigenvalue weighted by molar-refractivity contribution is -0.758. The number of halogens is 1. The first-order valence-corrected chi connectivity index (χ1v) is 12.2. The largest absolute Gasteiger partial charge is 0.543 e. The number of hydrogen-bond acceptors (Lipinski definition) is 13. The molecule has 17 heteroatoms. The minimum Gasteiger partial charge on any atom is -0.543 e. The number of nitrogens with one attached hydrogen (secondary N) is 1. The van der Waals surface area contributed by atoms with Crippen LogP contribution in [0.1, 0.15) is 11.5 Å². The molecule has 36 heavy (non-hydrogen) atoms. The van der Waals surface area contributed by atoms with Crippen LogP contribution in [0.5, 0.6) is 0 Å². The van der Waals surface area contributed by atoms with E-state index in [1.54, 1.807) is 6.20 Å². The number of hydrogen-bond donors (Lipinski definition) is 2. The fourth-order valence-corrected chi connectivity index (χ4v) is 5.92. The molecule has 0 aromatic carbocycles. The Morgan fingerprint density at radius 1 is 1.44 bits per heavy atom. The van der Waals surface area contributed by atoms with Gasteiger partial charge in [0.2, 0.25) is 23.9 Å². The summed E-state index contributed by atoms with van der Waals surface area (Å²) in [5.74, 6) is -2.42. The topological polar surface area (TPSA) is 183 Å². The minimum absolute atomic E-state index is 0. The highest BCUT2D eigenvalue weighted by molar-refractivity contribution is 8.00. The van der Waals surface area contributed by atoms with Crippen LogP contribution in [-0.4, -0.2) is 78.6 Å². The number of carboxylic acids is 1. The number of nitrogens with zero attached hydrogens (tertiary/aromatic N) is 7. The normalized spacial score (nSPS) is 21.3. The van der Waals surface area contributed by atoms with Crippen LogP contribution in [0.15, 0.2) is 34.8 Å². The van der Waals surface area contributed by atoms with Crippen LogP contribution in [0.4, 0.5) is 5.13 Å². The number of nitrogens with two attached hydrogens (primary N) is 1. The second kappa shape index (κ2) is 10.3. The van der Waals surface area contributed by atoms with Crippen molar-refractivity contribution in [1.29, 1.82) is 0 Å². The van der Waals surface area contributed by atoms with Gasteiger partial charge >= 0.3 is 0 Å². The van der Waals surface area contributed by atoms with Gasteiger partial charge in [-0.3, -0.25) is 14.5 Å². The number of β-lactam (4-membered cyclic amide) rings is 1. The monoisotopic (exact) mass is 553 g/mol. The van der Waals surface area contributed by atoms with E-state index < -0.39 is 29.2 Å². The van der Waals surface area contributed by atoms with Crippen LogP contribution in [0.25, 0.3) is 0 Å². The molecule has 5 rings (SSSR count). The molecule has 2 amide bonds. The van der Waals surface area contributed by atoms with Crippen LogP contribution in [0.2, 0.25) is 0 Å². The number of aliphatic carboxylic acids is 1. The number of nitrogen functional groups attached to an aromatic ring is 1. The quantitative estimate of drug-likeness (QED) is 0.159. The third-order valence-electron chi connectivity index (χ3n) is 5.62. The summed E-state index contributed by atoms with van der Waals surface area (Å²) in [6.07, 6.45) is 1.69. The van der Waals surface area contributed by atoms with Crippen molar-refractivity contribution < 1.29 is 29.0 Å². The van der Waals surface area contributed by atoms with E-state index in [1.807, 2.05) is 21.7 Å². The molecule has 3 aliphatic rings. The smallest absolute Gasteiger partial charge is 0.278 e. The molecule has 2 aromatic rings. The number of carbonyl (C=O) groups excluding carboxylic acids is 3. The van der Waals surface area contributed by atoms with Crippen molar-refractivity contribution in [1.82, 2.24) is 29.6 Å². The molecular formula is C19H20ClN9O5S2. The van der Waals surface area contributed by atoms with E-state index in [0.29, 0.717) is 31.1 Å². The third kappa shape index (κ3) is 4.59. The van der Waals surface area contributed by atoms with Gasteiger partial charge in [-0.25, -0.2) is 4.90 Å². The fourth-order valence-electron chi connectivity index (χ4n) is 4.15. The Hall–Kier alpha value is -3.34. The zero-order chi connectivity index (χ0) is 24.7. The number of oxime groups is 1. The van der Waals surface area contributed by atoms with Crippen molar-refractivity contribution in [3.63, 3.8) is 0 Å². The number of amides is 2. The number of thioether (sulfide) groups is 1. The zero-order valence-corrected chi connectivity index (χ0v) is 21.1. The first-order chi connectivity index (χ1) is 16.9. The first kappa shape index (κ1) is 25.7. The van der Waals surface area contributed by atoms with Crippen molar-refractivity contribution in [2.75, 3.05) is 25.1 Å². The molecule has 2 unspecified atom stereocenters. The molecule has 0 saturated carbocycles. The summed E-state index contributed by atoms with van der Waals surface area (Å²) in [6, 6.07) is 2.84. The molecule has 5 heterocycles. The molecule has 2 atom stereocenters. The van der Waals surface area contributed by atoms with Crippen LogP contribution < -0.4 is 20.8 Å². The van der Waals surface area contributed by atoms with Gasteiger partial charge in [-0.2, -0.15) is 9.36 Å². The third-order valence-corrected chi connectivity index (χ3v) is 7.51. The number of rotatable bonds is 7. The van der Waals surface area contributed by atoms with Gasteiger partial charge in [0.25, 0.3) is 11.8 Å². The van der Waals surface area contributed by atoms with Crippen molar-refractivity contribution in [2.45, 2.75) is 24.6 Å². The average Bonchev–Trinajstić information content (AvgIpc) is 3.45. The van der Waals surface area contributed by atoms with Gasteiger partial charge in [0.1, 0.15) is 18.5 Å². The van der Waals surface area contributed by atoms with Crippen molar-refractivity contribution in [2.24, 2.45) is 5.16 Å². The molecule has 0 aliphatic carbocycles. The molecule has 0 radical (unpaired) electrons. The number of aromatic nitrogens is 4. The average molecular weight is 554 g/mol. The lowest BCUT2D eigenvalue weighted by Crippen LogP contribution is -2.71. The highest BCUT2D eigenvalue weighted by Gasteiger charge is 2.53. The molecule has 14 nitrogen and oxygen atoms in total. The standard InChI is InChI=1S/C19H19N9O5S2.ClH/c1-33-24-11(14-23-19(20)35-25-14)15(29)22-12-16(30)28-13(18(31)32)9(7-34-17(12)28)5-26-6-10-3-2-4-21-27(10)8-26;/h2-4,12,17H,5-8H2,1H3,(H3-,20,22,23,25,29,31,32);1H/b24-11-;. The van der Waals surface area contributed by atoms with Gasteiger partial charge in [0, 0.05) is 29.9 Å². The summed E-state index contributed by atoms with van der Waals surface area (Å²) < 4.78 is 5.78. The molecule has 1 saturated heterocycles. The summed E-state index contributed by atoms with van der Waals surface area (Å²) >= 11 is 2.24. The van der Waals surface area contributed by atoms with Gasteiger partial charge in [0.15, 0.2) is 5.13 Å². The Morgan fingerprint density at radius 2 is 2.25 bits per heavy atom. The number of carboxylic acid groups (broad SMARTS) is 1. The lowest BCUT2D eigenvalue weighted by Gasteiger charge is -2.51. The number of anilines is 1. The van der Waals surface area contributed by atoms with Crippen molar-refractivity contribution >= 4 is 64.3 Å². The summed E-state index contributed by atoms with van der Waals surface area (Å²) in [6.45, 7) is 1.46. The number of carbonyl (C=O) groups is 3. The van der Waals surface area contributed by atoms with E-state index in [0.717, 1.165) is 17.2 Å². The predicted octanol–water partition coefficient (Wildman–Crippen LogP) is -2.55. The Morgan fingerprint density at radius 3 is 2.92 bits per heavy atom. The van der Waals surface area contributed by atoms with Gasteiger partial charge in [-0.1, -0.05) is 9.84 Å². The Bertz CT molecular complexity index is 1260. The van der Waals surface area contributed by atoms with E-state index in [9.17, 15) is 19.5 Å². The van der Waals surface area contributed by atoms with Crippen molar-refractivity contribution in [3.8, 4) is 0 Å². The molecule has 2 aromatic heterocycles. The van der Waals surface area contributed by atoms with Crippen LogP contribution in [-0.2, 0) is 32.4 Å². The summed E-state index contributed by atoms with van der Waals surface area (Å²) in [5.41, 5.74) is 6.76. The predicted molar refractivity (Wildman–Crippen MR) is 127 cm³/mol. The summed E-state index contributed by atoms with van der Waals surface area (Å²) in [7, 11) is 1.25. The van der Waals surface area contributed by atoms with Gasteiger partial charge in [-0.15, -0.1) is 24.2 Å². The van der Waals surface area contributed by atoms with E-state index >= 15 is 0 Å². The second-order valence-corrected chi connectivity index (χ2v) is 9.71. The van der Waals surface area contributed by atoms with E-state index in [4.69, 9.17) is 10.6 Å². The van der Waals surface area contributed by atoms with Crippen LogP contribution in [0.3, 0.4) is 0 Å². The molecular weight excluding hydrogens is 534 g/mol. The van der Waals surface area contributed by atoms with E-state index in [2.05, 4.69) is 24.9 Å². The summed E-state index contributed by atoms with van der Waals surface area (Å²) in [5, 5.41) is 22.1. The highest BCUT2D eigenvalue weighted by Crippen LogP contribution is 2.40. The highest BCUT2D eigenvalue weighted by atomic mass is 35.5. The van der Waals surface area contributed by atoms with E-state index in [1.165, 1.54) is 23.8 Å². The van der Waals surface area contributed by atoms with Crippen LogP contribution >= 0.6 is 35.7 Å². The van der Waals surface area contributed by atoms with Gasteiger partial charge in [0.05, 0.1) is 24.4 Å². The molecule has 0 bridgehead atoms. The van der Waals surface area contributed by atoms with Crippen LogP contribution in [0, 0.1) is 0 Å². The van der Waals surface area contributed by atoms with Crippen molar-refractivity contribution in [3.05, 3.63) is 41.1 Å². The maximum atomic E-state index is 13.0. The molecule has 3 N–H and O–H groups in total. The minimum atomic E-state index is -1.44. The molecule has 0 spiro atoms. The Labute approximate surface area is 218 Å². The van der Waals surface area contributed by atoms with Gasteiger partial charge in [-0.05, 0) is 16.7 Å². The fraction of sp³-hybridized carbons (Fsp3) is 0.368. The Kier molecular flexibility index (Phi) is 7.39. The molecule has 190 valence electrons. The molecule has 3 aliphatic heterocycles. The lowest BCUT2D eigenvalue weighted by atomic mass is 10.0. The summed E-state index contributed by atoms with van der Waals surface area (Å²) in [4.78, 5) is 49.6. The maximum absolute atomic E-state index is 13.0. The molecule has 1 fully saturated rings. The van der Waals surface area contributed by atoms with Gasteiger partial charge < -0.3 is 25.8 Å². The second-order valence-electron chi connectivity index (χ2n) is 7.82. The Balaban J connectivity index is 0.00000304.